The van der Waals surface area contributed by atoms with E-state index in [1.807, 2.05) is 0 Å². The third-order valence-electron chi connectivity index (χ3n) is 5.15. The van der Waals surface area contributed by atoms with Crippen molar-refractivity contribution in [2.45, 2.75) is 44.6 Å². The van der Waals surface area contributed by atoms with Gasteiger partial charge in [0.2, 0.25) is 0 Å². The van der Waals surface area contributed by atoms with Gasteiger partial charge in [-0.25, -0.2) is 4.79 Å². The average molecular weight is 266 g/mol. The van der Waals surface area contributed by atoms with Crippen molar-refractivity contribution < 1.29 is 14.7 Å². The Morgan fingerprint density at radius 1 is 1.00 bits per heavy atom. The van der Waals surface area contributed by atoms with Crippen LogP contribution in [-0.4, -0.2) is 29.7 Å². The van der Waals surface area contributed by atoms with Gasteiger partial charge in [-0.3, -0.25) is 4.79 Å². The van der Waals surface area contributed by atoms with E-state index in [0.29, 0.717) is 17.9 Å². The molecule has 4 bridgehead atoms. The van der Waals surface area contributed by atoms with Crippen LogP contribution in [0.3, 0.4) is 0 Å². The molecule has 0 unspecified atom stereocenters. The molecule has 0 saturated heterocycles. The minimum atomic E-state index is -0.880. The maximum Gasteiger partial charge on any atom is 0.315 e. The molecule has 0 aromatic heterocycles. The number of nitrogens with one attached hydrogen (secondary N) is 2. The highest BCUT2D eigenvalue weighted by atomic mass is 16.4. The summed E-state index contributed by atoms with van der Waals surface area (Å²) in [5.41, 5.74) is 0. The number of carbonyl (C=O) groups is 2. The first-order valence-corrected chi connectivity index (χ1v) is 7.38. The highest BCUT2D eigenvalue weighted by Gasteiger charge is 2.48. The Balaban J connectivity index is 1.50. The fourth-order valence-corrected chi connectivity index (χ4v) is 4.65. The number of amides is 2. The summed E-state index contributed by atoms with van der Waals surface area (Å²) < 4.78 is 0. The van der Waals surface area contributed by atoms with Crippen LogP contribution in [0.25, 0.3) is 0 Å². The van der Waals surface area contributed by atoms with Crippen LogP contribution in [0.2, 0.25) is 0 Å². The predicted octanol–water partition coefficient (Wildman–Crippen LogP) is 1.58. The summed E-state index contributed by atoms with van der Waals surface area (Å²) in [6.07, 6.45) is 6.47. The Bertz CT molecular complexity index is 355. The lowest BCUT2D eigenvalue weighted by Crippen LogP contribution is -2.57. The van der Waals surface area contributed by atoms with E-state index < -0.39 is 5.97 Å². The van der Waals surface area contributed by atoms with Crippen molar-refractivity contribution in [3.05, 3.63) is 0 Å². The number of aliphatic carboxylic acids is 1. The molecule has 0 aliphatic heterocycles. The summed E-state index contributed by atoms with van der Waals surface area (Å²) in [4.78, 5) is 22.2. The standard InChI is InChI=1S/C14H22N2O3/c17-12(18)1-2-15-14(19)16-13-10-4-8-3-9(6-10)7-11(13)5-8/h8-11,13H,1-7H2,(H,17,18)(H2,15,16,19). The third-order valence-corrected chi connectivity index (χ3v) is 5.15. The first-order chi connectivity index (χ1) is 9.11. The smallest absolute Gasteiger partial charge is 0.315 e. The lowest BCUT2D eigenvalue weighted by atomic mass is 9.54. The topological polar surface area (TPSA) is 78.4 Å². The van der Waals surface area contributed by atoms with Gasteiger partial charge in [0.25, 0.3) is 0 Å². The Kier molecular flexibility index (Phi) is 3.37. The van der Waals surface area contributed by atoms with E-state index in [9.17, 15) is 9.59 Å². The van der Waals surface area contributed by atoms with E-state index in [2.05, 4.69) is 10.6 Å². The molecule has 4 fully saturated rings. The Labute approximate surface area is 113 Å². The molecule has 0 aromatic rings. The minimum absolute atomic E-state index is 0.0188. The first-order valence-electron chi connectivity index (χ1n) is 7.38. The normalized spacial score (nSPS) is 39.1. The zero-order valence-electron chi connectivity index (χ0n) is 11.1. The SMILES string of the molecule is O=C(O)CCNC(=O)NC1C2CC3CC(C2)CC1C3. The number of hydrogen-bond acceptors (Lipinski definition) is 2. The van der Waals surface area contributed by atoms with Crippen molar-refractivity contribution in [1.29, 1.82) is 0 Å². The van der Waals surface area contributed by atoms with Crippen LogP contribution in [0.5, 0.6) is 0 Å². The van der Waals surface area contributed by atoms with Gasteiger partial charge in [-0.2, -0.15) is 0 Å². The summed E-state index contributed by atoms with van der Waals surface area (Å²) in [6, 6.07) is 0.122. The van der Waals surface area contributed by atoms with Crippen LogP contribution in [0.1, 0.15) is 38.5 Å². The maximum atomic E-state index is 11.8. The molecule has 4 saturated carbocycles. The molecule has 0 heterocycles. The second-order valence-corrected chi connectivity index (χ2v) is 6.50. The number of carboxylic acid groups (broad SMARTS) is 1. The van der Waals surface area contributed by atoms with Gasteiger partial charge in [0, 0.05) is 12.6 Å². The second kappa shape index (κ2) is 5.02. The van der Waals surface area contributed by atoms with Gasteiger partial charge in [0.1, 0.15) is 0 Å². The lowest BCUT2D eigenvalue weighted by molar-refractivity contribution is -0.136. The molecular formula is C14H22N2O3. The molecular weight excluding hydrogens is 244 g/mol. The Morgan fingerprint density at radius 2 is 1.58 bits per heavy atom. The van der Waals surface area contributed by atoms with Crippen molar-refractivity contribution >= 4 is 12.0 Å². The fraction of sp³-hybridized carbons (Fsp3) is 0.857. The van der Waals surface area contributed by atoms with Crippen molar-refractivity contribution in [1.82, 2.24) is 10.6 Å². The number of carbonyl (C=O) groups excluding carboxylic acids is 1. The van der Waals surface area contributed by atoms with Gasteiger partial charge in [-0.1, -0.05) is 0 Å². The van der Waals surface area contributed by atoms with Crippen LogP contribution in [0.15, 0.2) is 0 Å². The molecule has 106 valence electrons. The van der Waals surface area contributed by atoms with Crippen LogP contribution < -0.4 is 10.6 Å². The zero-order valence-corrected chi connectivity index (χ0v) is 11.1. The summed E-state index contributed by atoms with van der Waals surface area (Å²) in [7, 11) is 0. The van der Waals surface area contributed by atoms with Crippen molar-refractivity contribution in [2.75, 3.05) is 6.54 Å². The largest absolute Gasteiger partial charge is 0.481 e. The van der Waals surface area contributed by atoms with Crippen molar-refractivity contribution in [3.63, 3.8) is 0 Å². The van der Waals surface area contributed by atoms with Gasteiger partial charge < -0.3 is 15.7 Å². The van der Waals surface area contributed by atoms with Crippen molar-refractivity contribution in [3.8, 4) is 0 Å². The zero-order chi connectivity index (χ0) is 13.4. The molecule has 19 heavy (non-hydrogen) atoms. The maximum absolute atomic E-state index is 11.8. The predicted molar refractivity (Wildman–Crippen MR) is 69.6 cm³/mol. The van der Waals surface area contributed by atoms with E-state index in [-0.39, 0.29) is 19.0 Å². The molecule has 0 aromatic carbocycles. The van der Waals surface area contributed by atoms with Gasteiger partial charge >= 0.3 is 12.0 Å². The monoisotopic (exact) mass is 266 g/mol. The Hall–Kier alpha value is -1.26. The first kappa shape index (κ1) is 12.8. The third kappa shape index (κ3) is 2.69. The lowest BCUT2D eigenvalue weighted by Gasteiger charge is -2.54. The van der Waals surface area contributed by atoms with E-state index in [1.165, 1.54) is 32.1 Å². The highest BCUT2D eigenvalue weighted by Crippen LogP contribution is 2.53. The van der Waals surface area contributed by atoms with Crippen LogP contribution in [-0.2, 0) is 4.79 Å². The van der Waals surface area contributed by atoms with E-state index in [1.54, 1.807) is 0 Å². The summed E-state index contributed by atoms with van der Waals surface area (Å²) in [5, 5.41) is 14.3. The molecule has 4 aliphatic rings. The molecule has 0 atom stereocenters. The van der Waals surface area contributed by atoms with Crippen LogP contribution >= 0.6 is 0 Å². The quantitative estimate of drug-likeness (QED) is 0.723. The van der Waals surface area contributed by atoms with Crippen LogP contribution in [0, 0.1) is 23.7 Å². The van der Waals surface area contributed by atoms with Crippen LogP contribution in [0.4, 0.5) is 4.79 Å². The summed E-state index contributed by atoms with van der Waals surface area (Å²) >= 11 is 0. The molecule has 0 spiro atoms. The van der Waals surface area contributed by atoms with Gasteiger partial charge in [0.15, 0.2) is 0 Å². The number of hydrogen-bond donors (Lipinski definition) is 3. The average Bonchev–Trinajstić information content (AvgIpc) is 2.32. The van der Waals surface area contributed by atoms with E-state index in [4.69, 9.17) is 5.11 Å². The Morgan fingerprint density at radius 3 is 2.11 bits per heavy atom. The van der Waals surface area contributed by atoms with Gasteiger partial charge in [0.05, 0.1) is 6.42 Å². The molecule has 3 N–H and O–H groups in total. The number of carboxylic acids is 1. The van der Waals surface area contributed by atoms with E-state index in [0.717, 1.165) is 11.8 Å². The van der Waals surface area contributed by atoms with E-state index >= 15 is 0 Å². The number of urea groups is 1. The molecule has 0 radical (unpaired) electrons. The fourth-order valence-electron chi connectivity index (χ4n) is 4.65. The van der Waals surface area contributed by atoms with Gasteiger partial charge in [-0.05, 0) is 55.8 Å². The molecule has 4 aliphatic carbocycles. The molecule has 5 heteroatoms. The van der Waals surface area contributed by atoms with Crippen molar-refractivity contribution in [2.24, 2.45) is 23.7 Å². The number of rotatable bonds is 4. The molecule has 5 nitrogen and oxygen atoms in total. The minimum Gasteiger partial charge on any atom is -0.481 e. The molecule has 2 amide bonds. The summed E-state index contributed by atoms with van der Waals surface area (Å²) in [6.45, 7) is 0.203. The summed E-state index contributed by atoms with van der Waals surface area (Å²) in [5.74, 6) is 2.23. The molecule has 4 rings (SSSR count). The highest BCUT2D eigenvalue weighted by molar-refractivity contribution is 5.75. The van der Waals surface area contributed by atoms with Gasteiger partial charge in [-0.15, -0.1) is 0 Å². The second-order valence-electron chi connectivity index (χ2n) is 6.50.